The van der Waals surface area contributed by atoms with Crippen molar-refractivity contribution < 1.29 is 14.3 Å². The number of urea groups is 1. The predicted molar refractivity (Wildman–Crippen MR) is 124 cm³/mol. The SMILES string of the molecule is CCCCNC(=O)N1CCN(c2ccc(NC(=O)Cc3ccc(OC)cc3)cc2)CC1. The zero-order valence-corrected chi connectivity index (χ0v) is 18.4. The van der Waals surface area contributed by atoms with Gasteiger partial charge in [-0.2, -0.15) is 0 Å². The Labute approximate surface area is 184 Å². The molecule has 1 aliphatic heterocycles. The number of amides is 3. The lowest BCUT2D eigenvalue weighted by Crippen LogP contribution is -2.52. The molecular formula is C24H32N4O3. The van der Waals surface area contributed by atoms with Crippen molar-refractivity contribution in [3.63, 3.8) is 0 Å². The number of unbranched alkanes of at least 4 members (excludes halogenated alkanes) is 1. The van der Waals surface area contributed by atoms with Crippen LogP contribution in [0.4, 0.5) is 16.2 Å². The molecule has 1 heterocycles. The van der Waals surface area contributed by atoms with Crippen LogP contribution in [0, 0.1) is 0 Å². The minimum absolute atomic E-state index is 0.0306. The predicted octanol–water partition coefficient (Wildman–Crippen LogP) is 3.51. The fraction of sp³-hybridized carbons (Fsp3) is 0.417. The van der Waals surface area contributed by atoms with E-state index in [0.717, 1.165) is 55.2 Å². The van der Waals surface area contributed by atoms with Crippen LogP contribution in [0.5, 0.6) is 5.75 Å². The summed E-state index contributed by atoms with van der Waals surface area (Å²) >= 11 is 0. The number of anilines is 2. The Bertz CT molecular complexity index is 844. The van der Waals surface area contributed by atoms with Crippen molar-refractivity contribution in [2.75, 3.05) is 50.1 Å². The second-order valence-electron chi connectivity index (χ2n) is 7.68. The molecule has 3 amide bonds. The van der Waals surface area contributed by atoms with Crippen LogP contribution in [-0.2, 0) is 11.2 Å². The number of benzene rings is 2. The van der Waals surface area contributed by atoms with Crippen LogP contribution < -0.4 is 20.3 Å². The zero-order valence-electron chi connectivity index (χ0n) is 18.4. The van der Waals surface area contributed by atoms with E-state index in [1.807, 2.05) is 53.4 Å². The maximum Gasteiger partial charge on any atom is 0.317 e. The fourth-order valence-corrected chi connectivity index (χ4v) is 3.54. The summed E-state index contributed by atoms with van der Waals surface area (Å²) in [7, 11) is 1.62. The van der Waals surface area contributed by atoms with Gasteiger partial charge in [0.15, 0.2) is 0 Å². The van der Waals surface area contributed by atoms with E-state index in [4.69, 9.17) is 4.74 Å². The summed E-state index contributed by atoms with van der Waals surface area (Å²) in [6.45, 7) is 5.86. The largest absolute Gasteiger partial charge is 0.497 e. The number of carbonyl (C=O) groups is 2. The molecule has 1 aliphatic rings. The maximum atomic E-state index is 12.3. The number of hydrogen-bond acceptors (Lipinski definition) is 4. The first-order valence-corrected chi connectivity index (χ1v) is 10.9. The third-order valence-corrected chi connectivity index (χ3v) is 5.41. The van der Waals surface area contributed by atoms with Crippen molar-refractivity contribution in [2.24, 2.45) is 0 Å². The molecule has 0 atom stereocenters. The lowest BCUT2D eigenvalue weighted by atomic mass is 10.1. The topological polar surface area (TPSA) is 73.9 Å². The van der Waals surface area contributed by atoms with Crippen molar-refractivity contribution in [3.05, 3.63) is 54.1 Å². The number of carbonyl (C=O) groups excluding carboxylic acids is 2. The van der Waals surface area contributed by atoms with Gasteiger partial charge in [-0.05, 0) is 48.4 Å². The van der Waals surface area contributed by atoms with E-state index in [0.29, 0.717) is 19.5 Å². The molecule has 2 aromatic carbocycles. The molecule has 0 bridgehead atoms. The molecule has 2 N–H and O–H groups in total. The van der Waals surface area contributed by atoms with Crippen molar-refractivity contribution in [2.45, 2.75) is 26.2 Å². The number of nitrogens with one attached hydrogen (secondary N) is 2. The molecular weight excluding hydrogens is 392 g/mol. The Morgan fingerprint density at radius 1 is 0.968 bits per heavy atom. The Balaban J connectivity index is 1.45. The monoisotopic (exact) mass is 424 g/mol. The van der Waals surface area contributed by atoms with Gasteiger partial charge in [0.05, 0.1) is 13.5 Å². The smallest absolute Gasteiger partial charge is 0.317 e. The quantitative estimate of drug-likeness (QED) is 0.636. The summed E-state index contributed by atoms with van der Waals surface area (Å²) in [6.07, 6.45) is 2.40. The summed E-state index contributed by atoms with van der Waals surface area (Å²) in [4.78, 5) is 28.6. The Kier molecular flexibility index (Phi) is 8.15. The molecule has 166 valence electrons. The van der Waals surface area contributed by atoms with E-state index in [9.17, 15) is 9.59 Å². The third-order valence-electron chi connectivity index (χ3n) is 5.41. The van der Waals surface area contributed by atoms with Crippen LogP contribution in [0.2, 0.25) is 0 Å². The zero-order chi connectivity index (χ0) is 22.1. The normalized spacial score (nSPS) is 13.6. The number of ether oxygens (including phenoxy) is 1. The van der Waals surface area contributed by atoms with Crippen molar-refractivity contribution >= 4 is 23.3 Å². The molecule has 2 aromatic rings. The molecule has 0 aromatic heterocycles. The average Bonchev–Trinajstić information content (AvgIpc) is 2.80. The summed E-state index contributed by atoms with van der Waals surface area (Å²) in [5.41, 5.74) is 2.81. The van der Waals surface area contributed by atoms with E-state index in [-0.39, 0.29) is 11.9 Å². The number of hydrogen-bond donors (Lipinski definition) is 2. The minimum atomic E-state index is -0.0550. The molecule has 1 saturated heterocycles. The van der Waals surface area contributed by atoms with Gasteiger partial charge in [0.1, 0.15) is 5.75 Å². The molecule has 31 heavy (non-hydrogen) atoms. The molecule has 7 heteroatoms. The van der Waals surface area contributed by atoms with Gasteiger partial charge in [-0.25, -0.2) is 4.79 Å². The fourth-order valence-electron chi connectivity index (χ4n) is 3.54. The van der Waals surface area contributed by atoms with Crippen LogP contribution in [-0.4, -0.2) is 56.7 Å². The van der Waals surface area contributed by atoms with Gasteiger partial charge in [0.25, 0.3) is 0 Å². The minimum Gasteiger partial charge on any atom is -0.497 e. The molecule has 3 rings (SSSR count). The van der Waals surface area contributed by atoms with Crippen molar-refractivity contribution in [1.29, 1.82) is 0 Å². The average molecular weight is 425 g/mol. The Morgan fingerprint density at radius 3 is 2.26 bits per heavy atom. The molecule has 0 spiro atoms. The van der Waals surface area contributed by atoms with Gasteiger partial charge < -0.3 is 25.2 Å². The van der Waals surface area contributed by atoms with Crippen LogP contribution in [0.3, 0.4) is 0 Å². The molecule has 0 radical (unpaired) electrons. The second kappa shape index (κ2) is 11.2. The standard InChI is InChI=1S/C24H32N4O3/c1-3-4-13-25-24(30)28-16-14-27(15-17-28)21-9-7-20(8-10-21)26-23(29)18-19-5-11-22(31-2)12-6-19/h5-12H,3-4,13-18H2,1-2H3,(H,25,30)(H,26,29). The van der Waals surface area contributed by atoms with Crippen molar-refractivity contribution in [1.82, 2.24) is 10.2 Å². The first kappa shape index (κ1) is 22.5. The van der Waals surface area contributed by atoms with E-state index < -0.39 is 0 Å². The Hall–Kier alpha value is -3.22. The lowest BCUT2D eigenvalue weighted by Gasteiger charge is -2.36. The first-order chi connectivity index (χ1) is 15.1. The van der Waals surface area contributed by atoms with E-state index in [1.54, 1.807) is 7.11 Å². The van der Waals surface area contributed by atoms with Gasteiger partial charge in [0.2, 0.25) is 5.91 Å². The highest BCUT2D eigenvalue weighted by atomic mass is 16.5. The molecule has 1 fully saturated rings. The molecule has 0 saturated carbocycles. The summed E-state index contributed by atoms with van der Waals surface area (Å²) in [5, 5.41) is 5.92. The van der Waals surface area contributed by atoms with E-state index in [1.165, 1.54) is 0 Å². The number of rotatable bonds is 8. The van der Waals surface area contributed by atoms with Gasteiger partial charge in [-0.1, -0.05) is 25.5 Å². The van der Waals surface area contributed by atoms with Gasteiger partial charge in [0, 0.05) is 44.1 Å². The van der Waals surface area contributed by atoms with E-state index in [2.05, 4.69) is 22.5 Å². The van der Waals surface area contributed by atoms with Crippen LogP contribution in [0.15, 0.2) is 48.5 Å². The first-order valence-electron chi connectivity index (χ1n) is 10.9. The van der Waals surface area contributed by atoms with Gasteiger partial charge in [-0.15, -0.1) is 0 Å². The summed E-state index contributed by atoms with van der Waals surface area (Å²) in [6, 6.07) is 15.4. The molecule has 7 nitrogen and oxygen atoms in total. The lowest BCUT2D eigenvalue weighted by molar-refractivity contribution is -0.115. The molecule has 0 aliphatic carbocycles. The summed E-state index contributed by atoms with van der Waals surface area (Å²) in [5.74, 6) is 0.721. The third kappa shape index (κ3) is 6.64. The summed E-state index contributed by atoms with van der Waals surface area (Å²) < 4.78 is 5.14. The number of methoxy groups -OCH3 is 1. The van der Waals surface area contributed by atoms with Crippen LogP contribution in [0.25, 0.3) is 0 Å². The van der Waals surface area contributed by atoms with E-state index >= 15 is 0 Å². The van der Waals surface area contributed by atoms with Gasteiger partial charge in [-0.3, -0.25) is 4.79 Å². The molecule has 0 unspecified atom stereocenters. The van der Waals surface area contributed by atoms with Crippen molar-refractivity contribution in [3.8, 4) is 5.75 Å². The van der Waals surface area contributed by atoms with Crippen LogP contribution in [0.1, 0.15) is 25.3 Å². The highest BCUT2D eigenvalue weighted by Crippen LogP contribution is 2.20. The highest BCUT2D eigenvalue weighted by Gasteiger charge is 2.21. The maximum absolute atomic E-state index is 12.3. The van der Waals surface area contributed by atoms with Gasteiger partial charge >= 0.3 is 6.03 Å². The number of nitrogens with zero attached hydrogens (tertiary/aromatic N) is 2. The second-order valence-corrected chi connectivity index (χ2v) is 7.68. The highest BCUT2D eigenvalue weighted by molar-refractivity contribution is 5.92. The van der Waals surface area contributed by atoms with Crippen LogP contribution >= 0.6 is 0 Å². The Morgan fingerprint density at radius 2 is 1.65 bits per heavy atom. The number of piperazine rings is 1.